The zero-order valence-electron chi connectivity index (χ0n) is 24.4. The average molecular weight is 563 g/mol. The Labute approximate surface area is 241 Å². The van der Waals surface area contributed by atoms with Gasteiger partial charge >= 0.3 is 0 Å². The molecule has 0 amide bonds. The van der Waals surface area contributed by atoms with Crippen LogP contribution >= 0.6 is 0 Å². The highest BCUT2D eigenvalue weighted by Gasteiger charge is 2.56. The van der Waals surface area contributed by atoms with Gasteiger partial charge in [-0.25, -0.2) is 0 Å². The van der Waals surface area contributed by atoms with Gasteiger partial charge in [0, 0.05) is 48.0 Å². The van der Waals surface area contributed by atoms with Gasteiger partial charge in [0.2, 0.25) is 6.79 Å². The van der Waals surface area contributed by atoms with Crippen LogP contribution in [-0.4, -0.2) is 75.9 Å². The van der Waals surface area contributed by atoms with E-state index in [1.807, 2.05) is 13.8 Å². The van der Waals surface area contributed by atoms with Crippen molar-refractivity contribution in [2.45, 2.75) is 56.9 Å². The van der Waals surface area contributed by atoms with E-state index in [4.69, 9.17) is 34.2 Å². The summed E-state index contributed by atoms with van der Waals surface area (Å²) in [7, 11) is 5.38. The van der Waals surface area contributed by atoms with Gasteiger partial charge < -0.3 is 34.2 Å². The summed E-state index contributed by atoms with van der Waals surface area (Å²) in [5.74, 6) is 3.55. The molecule has 5 atom stereocenters. The number of aryl methyl sites for hydroxylation is 1. The molecule has 4 heterocycles. The maximum absolute atomic E-state index is 10.7. The summed E-state index contributed by atoms with van der Waals surface area (Å²) in [4.78, 5) is 4.66. The Hall–Kier alpha value is -3.49. The minimum Gasteiger partial charge on any atom is -0.493 e. The van der Waals surface area contributed by atoms with Gasteiger partial charge in [0.25, 0.3) is 0 Å². The lowest BCUT2D eigenvalue weighted by Crippen LogP contribution is -2.68. The number of methoxy groups -OCH3 is 2. The van der Waals surface area contributed by atoms with E-state index in [0.29, 0.717) is 49.0 Å². The molecule has 0 spiro atoms. The van der Waals surface area contributed by atoms with Crippen molar-refractivity contribution < 1.29 is 28.4 Å². The molecule has 4 aliphatic rings. The fraction of sp³-hybridized carbons (Fsp3) is 0.516. The van der Waals surface area contributed by atoms with Gasteiger partial charge in [-0.2, -0.15) is 5.26 Å². The first kappa shape index (κ1) is 27.7. The van der Waals surface area contributed by atoms with Gasteiger partial charge in [0.05, 0.1) is 25.3 Å². The van der Waals surface area contributed by atoms with E-state index in [9.17, 15) is 5.26 Å². The Morgan fingerprint density at radius 2 is 1.88 bits per heavy atom. The minimum absolute atomic E-state index is 0.0421. The molecule has 1 fully saturated rings. The third-order valence-electron chi connectivity index (χ3n) is 9.14. The van der Waals surface area contributed by atoms with Crippen molar-refractivity contribution in [3.63, 3.8) is 0 Å². The van der Waals surface area contributed by atoms with Crippen molar-refractivity contribution >= 4 is 0 Å². The summed E-state index contributed by atoms with van der Waals surface area (Å²) in [5, 5.41) is 10.7. The molecule has 4 aliphatic heterocycles. The lowest BCUT2D eigenvalue weighted by molar-refractivity contribution is -0.0719. The van der Waals surface area contributed by atoms with Crippen LogP contribution in [0.1, 0.15) is 45.5 Å². The summed E-state index contributed by atoms with van der Waals surface area (Å²) in [5.41, 5.74) is 12.7. The second-order valence-electron chi connectivity index (χ2n) is 11.1. The van der Waals surface area contributed by atoms with E-state index in [-0.39, 0.29) is 37.8 Å². The monoisotopic (exact) mass is 562 g/mol. The van der Waals surface area contributed by atoms with Crippen molar-refractivity contribution in [2.24, 2.45) is 5.73 Å². The van der Waals surface area contributed by atoms with Gasteiger partial charge in [-0.15, -0.1) is 0 Å². The summed E-state index contributed by atoms with van der Waals surface area (Å²) in [6, 6.07) is 3.94. The third kappa shape index (κ3) is 3.98. The average Bonchev–Trinajstić information content (AvgIpc) is 3.46. The fourth-order valence-corrected chi connectivity index (χ4v) is 7.64. The van der Waals surface area contributed by atoms with Gasteiger partial charge in [0.1, 0.15) is 18.4 Å². The van der Waals surface area contributed by atoms with E-state index < -0.39 is 6.04 Å². The number of hydrogen-bond donors (Lipinski definition) is 1. The summed E-state index contributed by atoms with van der Waals surface area (Å²) >= 11 is 0. The number of nitrogens with zero attached hydrogens (tertiary/aromatic N) is 3. The van der Waals surface area contributed by atoms with Crippen LogP contribution in [0.15, 0.2) is 18.7 Å². The van der Waals surface area contributed by atoms with E-state index in [1.165, 1.54) is 5.56 Å². The molecule has 6 rings (SSSR count). The molecule has 2 N–H and O–H groups in total. The van der Waals surface area contributed by atoms with Crippen molar-refractivity contribution in [3.05, 3.63) is 52.1 Å². The highest BCUT2D eigenvalue weighted by molar-refractivity contribution is 5.66. The fourth-order valence-electron chi connectivity index (χ4n) is 7.64. The first-order chi connectivity index (χ1) is 19.9. The Morgan fingerprint density at radius 1 is 1.10 bits per heavy atom. The number of fused-ring (bicyclic) bond motifs is 9. The highest BCUT2D eigenvalue weighted by Crippen LogP contribution is 2.58. The molecule has 0 saturated carbocycles. The normalized spacial score (nSPS) is 25.9. The number of hydrogen-bond acceptors (Lipinski definition) is 10. The number of nitriles is 1. The molecule has 2 aromatic carbocycles. The van der Waals surface area contributed by atoms with Crippen molar-refractivity contribution in [3.8, 4) is 34.8 Å². The molecule has 2 bridgehead atoms. The van der Waals surface area contributed by atoms with Gasteiger partial charge in [-0.1, -0.05) is 18.7 Å². The van der Waals surface area contributed by atoms with Gasteiger partial charge in [-0.05, 0) is 44.9 Å². The van der Waals surface area contributed by atoms with Crippen LogP contribution in [0, 0.1) is 25.2 Å². The van der Waals surface area contributed by atoms with Crippen LogP contribution in [0.4, 0.5) is 0 Å². The quantitative estimate of drug-likeness (QED) is 0.380. The summed E-state index contributed by atoms with van der Waals surface area (Å²) in [6.07, 6.45) is 3.05. The maximum atomic E-state index is 10.7. The van der Waals surface area contributed by atoms with Gasteiger partial charge in [0.15, 0.2) is 29.8 Å². The lowest BCUT2D eigenvalue weighted by atomic mass is 9.71. The lowest BCUT2D eigenvalue weighted by Gasteiger charge is -2.60. The predicted octanol–water partition coefficient (Wildman–Crippen LogP) is 3.32. The number of rotatable bonds is 8. The Morgan fingerprint density at radius 3 is 2.56 bits per heavy atom. The van der Waals surface area contributed by atoms with Crippen molar-refractivity contribution in [2.75, 3.05) is 48.0 Å². The number of benzene rings is 2. The molecular formula is C31H38N4O6. The van der Waals surface area contributed by atoms with Gasteiger partial charge in [-0.3, -0.25) is 9.80 Å². The number of nitrogens with two attached hydrogens (primary N) is 1. The first-order valence-corrected chi connectivity index (χ1v) is 14.0. The van der Waals surface area contributed by atoms with Crippen LogP contribution in [0.2, 0.25) is 0 Å². The molecule has 10 heteroatoms. The first-order valence-electron chi connectivity index (χ1n) is 14.0. The van der Waals surface area contributed by atoms with E-state index in [1.54, 1.807) is 20.3 Å². The molecule has 0 radical (unpaired) electrons. The van der Waals surface area contributed by atoms with E-state index >= 15 is 0 Å². The van der Waals surface area contributed by atoms with Crippen LogP contribution in [0.3, 0.4) is 0 Å². The SMILES string of the molecule is C=CCOc1c(C)c2c(c3c1CC1[C@H]4c5c(cc(C)c(OC)c5OCOC)CC([C@H](C#N)N1[C@H]3CN)N4C)OCO2. The Bertz CT molecular complexity index is 1420. The van der Waals surface area contributed by atoms with Crippen LogP contribution in [-0.2, 0) is 17.6 Å². The number of ether oxygens (including phenoxy) is 6. The molecule has 2 unspecified atom stereocenters. The number of likely N-dealkylation sites (N-methyl/N-ethyl adjacent to an activating group) is 1. The summed E-state index contributed by atoms with van der Waals surface area (Å²) in [6.45, 7) is 8.77. The molecule has 218 valence electrons. The van der Waals surface area contributed by atoms with E-state index in [2.05, 4.69) is 35.6 Å². The minimum atomic E-state index is -0.390. The maximum Gasteiger partial charge on any atom is 0.231 e. The summed E-state index contributed by atoms with van der Waals surface area (Å²) < 4.78 is 35.8. The van der Waals surface area contributed by atoms with E-state index in [0.717, 1.165) is 33.6 Å². The third-order valence-corrected chi connectivity index (χ3v) is 9.14. The largest absolute Gasteiger partial charge is 0.493 e. The Balaban J connectivity index is 1.60. The highest BCUT2D eigenvalue weighted by atomic mass is 16.7. The van der Waals surface area contributed by atoms with Crippen LogP contribution < -0.4 is 29.4 Å². The number of piperazine rings is 1. The zero-order valence-corrected chi connectivity index (χ0v) is 24.4. The molecule has 0 aliphatic carbocycles. The van der Waals surface area contributed by atoms with Crippen LogP contribution in [0.25, 0.3) is 0 Å². The topological polar surface area (TPSA) is 112 Å². The molecule has 41 heavy (non-hydrogen) atoms. The molecule has 2 aromatic rings. The second kappa shape index (κ2) is 10.7. The van der Waals surface area contributed by atoms with Crippen LogP contribution in [0.5, 0.6) is 28.7 Å². The molecule has 10 nitrogen and oxygen atoms in total. The van der Waals surface area contributed by atoms with Crippen molar-refractivity contribution in [1.82, 2.24) is 9.80 Å². The standard InChI is InChI=1S/C31H38N4O6/c1-7-8-38-28-17(3)29-31(41-15-40-29)25-19(28)11-21-26-24-18(9-16(2)27(37-6)30(24)39-14-36-5)10-20(34(26)4)22(12-32)35(21)23(25)13-33/h7,9,20-23,26H,1,8,10-11,13-15,33H2,2-6H3/t20?,21?,22-,23-,26-/m0/s1. The predicted molar refractivity (Wildman–Crippen MR) is 152 cm³/mol. The molecule has 1 saturated heterocycles. The van der Waals surface area contributed by atoms with Crippen molar-refractivity contribution in [1.29, 1.82) is 5.26 Å². The second-order valence-corrected chi connectivity index (χ2v) is 11.1. The Kier molecular flexibility index (Phi) is 7.24. The molecular weight excluding hydrogens is 524 g/mol. The smallest absolute Gasteiger partial charge is 0.231 e. The zero-order chi connectivity index (χ0) is 29.0. The molecule has 0 aromatic heterocycles.